The summed E-state index contributed by atoms with van der Waals surface area (Å²) in [7, 11) is 1.66. The van der Waals surface area contributed by atoms with Crippen LogP contribution in [0.2, 0.25) is 0 Å². The summed E-state index contributed by atoms with van der Waals surface area (Å²) in [5.41, 5.74) is 1.74. The minimum atomic E-state index is 0.862. The van der Waals surface area contributed by atoms with Gasteiger partial charge in [0.2, 0.25) is 0 Å². The van der Waals surface area contributed by atoms with Gasteiger partial charge in [-0.05, 0) is 18.9 Å². The largest absolute Gasteiger partial charge is 0.264 e. The first-order valence-corrected chi connectivity index (χ1v) is 4.65. The summed E-state index contributed by atoms with van der Waals surface area (Å²) >= 11 is 0. The third kappa shape index (κ3) is 1.64. The second-order valence-corrected chi connectivity index (χ2v) is 3.11. The first kappa shape index (κ1) is 9.52. The molecule has 0 aliphatic heterocycles. The highest BCUT2D eigenvalue weighted by molar-refractivity contribution is 6.00. The number of benzene rings is 2. The molecule has 0 unspecified atom stereocenters. The van der Waals surface area contributed by atoms with Crippen LogP contribution in [-0.2, 0) is 0 Å². The molecule has 0 heterocycles. The van der Waals surface area contributed by atoms with Gasteiger partial charge < -0.3 is 0 Å². The van der Waals surface area contributed by atoms with Crippen LogP contribution in [0.15, 0.2) is 51.6 Å². The fraction of sp³-hybridized carbons (Fsp3) is 0.0833. The van der Waals surface area contributed by atoms with Gasteiger partial charge in [-0.1, -0.05) is 24.3 Å². The van der Waals surface area contributed by atoms with Crippen molar-refractivity contribution in [3.63, 3.8) is 0 Å². The standard InChI is InChI=1S/C12H11N3/c1-13-11-7-8-12(15-14-2)10-6-4-3-5-9(10)11/h3-8H,1H2,2H3. The second-order valence-electron chi connectivity index (χ2n) is 3.11. The van der Waals surface area contributed by atoms with Crippen LogP contribution in [0.5, 0.6) is 0 Å². The van der Waals surface area contributed by atoms with Crippen molar-refractivity contribution in [3.05, 3.63) is 36.4 Å². The Hall–Kier alpha value is -2.03. The van der Waals surface area contributed by atoms with Gasteiger partial charge >= 0.3 is 0 Å². The first-order chi connectivity index (χ1) is 7.36. The van der Waals surface area contributed by atoms with Crippen molar-refractivity contribution in [2.45, 2.75) is 0 Å². The number of hydrogen-bond donors (Lipinski definition) is 0. The fourth-order valence-corrected chi connectivity index (χ4v) is 1.60. The molecular formula is C12H11N3. The fourth-order valence-electron chi connectivity index (χ4n) is 1.60. The van der Waals surface area contributed by atoms with Crippen molar-refractivity contribution in [3.8, 4) is 0 Å². The minimum Gasteiger partial charge on any atom is -0.264 e. The zero-order valence-electron chi connectivity index (χ0n) is 8.51. The summed E-state index contributed by atoms with van der Waals surface area (Å²) in [6.45, 7) is 3.55. The molecular weight excluding hydrogens is 186 g/mol. The number of fused-ring (bicyclic) bond motifs is 1. The minimum absolute atomic E-state index is 0.862. The molecule has 0 saturated carbocycles. The third-order valence-electron chi connectivity index (χ3n) is 2.26. The maximum atomic E-state index is 4.07. The number of azo groups is 1. The predicted octanol–water partition coefficient (Wildman–Crippen LogP) is 3.89. The number of nitrogens with zero attached hydrogens (tertiary/aromatic N) is 3. The molecule has 74 valence electrons. The highest BCUT2D eigenvalue weighted by Crippen LogP contribution is 2.32. The van der Waals surface area contributed by atoms with Crippen molar-refractivity contribution in [1.29, 1.82) is 0 Å². The van der Waals surface area contributed by atoms with E-state index in [0.29, 0.717) is 0 Å². The molecule has 2 rings (SSSR count). The Kier molecular flexibility index (Phi) is 2.54. The number of rotatable bonds is 2. The summed E-state index contributed by atoms with van der Waals surface area (Å²) < 4.78 is 0. The highest BCUT2D eigenvalue weighted by atomic mass is 15.1. The lowest BCUT2D eigenvalue weighted by Gasteiger charge is -2.03. The van der Waals surface area contributed by atoms with Crippen molar-refractivity contribution in [2.24, 2.45) is 15.2 Å². The second kappa shape index (κ2) is 4.00. The maximum absolute atomic E-state index is 4.07. The Morgan fingerprint density at radius 1 is 0.933 bits per heavy atom. The molecule has 0 fully saturated rings. The van der Waals surface area contributed by atoms with E-state index in [1.54, 1.807) is 7.05 Å². The Morgan fingerprint density at radius 3 is 2.13 bits per heavy atom. The Morgan fingerprint density at radius 2 is 1.53 bits per heavy atom. The smallest absolute Gasteiger partial charge is 0.0932 e. The summed E-state index contributed by atoms with van der Waals surface area (Å²) in [5, 5.41) is 9.97. The van der Waals surface area contributed by atoms with Crippen LogP contribution in [-0.4, -0.2) is 13.8 Å². The molecule has 15 heavy (non-hydrogen) atoms. The number of hydrogen-bond acceptors (Lipinski definition) is 3. The molecule has 0 aliphatic rings. The Bertz CT molecular complexity index is 529. The maximum Gasteiger partial charge on any atom is 0.0932 e. The lowest BCUT2D eigenvalue weighted by atomic mass is 10.1. The average Bonchev–Trinajstić information content (AvgIpc) is 2.30. The van der Waals surface area contributed by atoms with Gasteiger partial charge in [0.1, 0.15) is 0 Å². The van der Waals surface area contributed by atoms with E-state index in [0.717, 1.165) is 22.1 Å². The summed E-state index contributed by atoms with van der Waals surface area (Å²) in [4.78, 5) is 3.98. The van der Waals surface area contributed by atoms with E-state index in [1.807, 2.05) is 36.4 Å². The van der Waals surface area contributed by atoms with Crippen LogP contribution in [0.3, 0.4) is 0 Å². The topological polar surface area (TPSA) is 37.1 Å². The zero-order valence-corrected chi connectivity index (χ0v) is 8.51. The van der Waals surface area contributed by atoms with E-state index in [-0.39, 0.29) is 0 Å². The molecule has 0 aromatic heterocycles. The molecule has 0 bridgehead atoms. The lowest BCUT2D eigenvalue weighted by molar-refractivity contribution is 1.18. The molecule has 3 heteroatoms. The normalized spacial score (nSPS) is 11.0. The van der Waals surface area contributed by atoms with Gasteiger partial charge in [0.25, 0.3) is 0 Å². The molecule has 0 saturated heterocycles. The van der Waals surface area contributed by atoms with Crippen LogP contribution in [0.4, 0.5) is 11.4 Å². The third-order valence-corrected chi connectivity index (χ3v) is 2.26. The SMILES string of the molecule is C=Nc1ccc(N=NC)c2ccccc12. The van der Waals surface area contributed by atoms with E-state index in [9.17, 15) is 0 Å². The molecule has 2 aromatic rings. The van der Waals surface area contributed by atoms with Crippen LogP contribution in [0.25, 0.3) is 10.8 Å². The van der Waals surface area contributed by atoms with Crippen LogP contribution >= 0.6 is 0 Å². The molecule has 0 atom stereocenters. The van der Waals surface area contributed by atoms with Crippen molar-refractivity contribution >= 4 is 28.9 Å². The summed E-state index contributed by atoms with van der Waals surface area (Å²) in [6.07, 6.45) is 0. The molecule has 0 amide bonds. The molecule has 0 aliphatic carbocycles. The summed E-state index contributed by atoms with van der Waals surface area (Å²) in [6, 6.07) is 11.8. The monoisotopic (exact) mass is 197 g/mol. The zero-order chi connectivity index (χ0) is 10.7. The van der Waals surface area contributed by atoms with Crippen molar-refractivity contribution < 1.29 is 0 Å². The molecule has 2 aromatic carbocycles. The highest BCUT2D eigenvalue weighted by Gasteiger charge is 2.02. The van der Waals surface area contributed by atoms with Gasteiger partial charge in [-0.25, -0.2) is 0 Å². The van der Waals surface area contributed by atoms with E-state index < -0.39 is 0 Å². The average molecular weight is 197 g/mol. The number of aliphatic imine (C=N–C) groups is 1. The van der Waals surface area contributed by atoms with Gasteiger partial charge in [0.15, 0.2) is 0 Å². The van der Waals surface area contributed by atoms with Crippen LogP contribution < -0.4 is 0 Å². The van der Waals surface area contributed by atoms with Gasteiger partial charge in [0, 0.05) is 17.8 Å². The lowest BCUT2D eigenvalue weighted by Crippen LogP contribution is -1.74. The first-order valence-electron chi connectivity index (χ1n) is 4.65. The molecule has 0 spiro atoms. The molecule has 0 radical (unpaired) electrons. The van der Waals surface area contributed by atoms with Crippen LogP contribution in [0.1, 0.15) is 0 Å². The van der Waals surface area contributed by atoms with Crippen molar-refractivity contribution in [2.75, 3.05) is 7.05 Å². The van der Waals surface area contributed by atoms with Crippen molar-refractivity contribution in [1.82, 2.24) is 0 Å². The Balaban J connectivity index is 2.82. The molecule has 3 nitrogen and oxygen atoms in total. The predicted molar refractivity (Wildman–Crippen MR) is 63.6 cm³/mol. The van der Waals surface area contributed by atoms with Gasteiger partial charge in [0.05, 0.1) is 11.4 Å². The van der Waals surface area contributed by atoms with Gasteiger partial charge in [-0.2, -0.15) is 10.2 Å². The van der Waals surface area contributed by atoms with E-state index in [4.69, 9.17) is 0 Å². The van der Waals surface area contributed by atoms with E-state index >= 15 is 0 Å². The van der Waals surface area contributed by atoms with Gasteiger partial charge in [-0.15, -0.1) is 0 Å². The molecule has 0 N–H and O–H groups in total. The van der Waals surface area contributed by atoms with E-state index in [2.05, 4.69) is 21.9 Å². The Labute approximate surface area is 88.2 Å². The quantitative estimate of drug-likeness (QED) is 0.517. The van der Waals surface area contributed by atoms with Gasteiger partial charge in [-0.3, -0.25) is 4.99 Å². The summed E-state index contributed by atoms with van der Waals surface area (Å²) in [5.74, 6) is 0. The van der Waals surface area contributed by atoms with E-state index in [1.165, 1.54) is 0 Å². The van der Waals surface area contributed by atoms with Crippen LogP contribution in [0, 0.1) is 0 Å².